The summed E-state index contributed by atoms with van der Waals surface area (Å²) >= 11 is 0. The van der Waals surface area contributed by atoms with E-state index in [2.05, 4.69) is 13.8 Å². The number of phenolic OH excluding ortho intramolecular Hbond substituents is 1. The summed E-state index contributed by atoms with van der Waals surface area (Å²) in [6, 6.07) is 5.29. The highest BCUT2D eigenvalue weighted by molar-refractivity contribution is 5.41. The van der Waals surface area contributed by atoms with E-state index in [4.69, 9.17) is 9.47 Å². The smallest absolute Gasteiger partial charge is 0.160 e. The minimum atomic E-state index is 0.156. The first-order valence-corrected chi connectivity index (χ1v) is 5.07. The standard InChI is InChI=1S/C12H18O3/c1-9(2)7-15-8-10-4-5-12(14-3)11(13)6-10/h4-6,9,13H,7-8H2,1-3H3. The zero-order chi connectivity index (χ0) is 11.3. The van der Waals surface area contributed by atoms with Gasteiger partial charge < -0.3 is 14.6 Å². The molecule has 0 radical (unpaired) electrons. The Balaban J connectivity index is 2.52. The first-order chi connectivity index (χ1) is 7.13. The SMILES string of the molecule is COc1ccc(COCC(C)C)cc1O. The highest BCUT2D eigenvalue weighted by Crippen LogP contribution is 2.26. The van der Waals surface area contributed by atoms with Gasteiger partial charge in [0.05, 0.1) is 13.7 Å². The van der Waals surface area contributed by atoms with Gasteiger partial charge in [-0.3, -0.25) is 0 Å². The molecular formula is C12H18O3. The van der Waals surface area contributed by atoms with Gasteiger partial charge in [-0.15, -0.1) is 0 Å². The molecule has 0 amide bonds. The van der Waals surface area contributed by atoms with Crippen molar-refractivity contribution in [2.24, 2.45) is 5.92 Å². The van der Waals surface area contributed by atoms with E-state index in [9.17, 15) is 5.11 Å². The molecule has 1 N–H and O–H groups in total. The van der Waals surface area contributed by atoms with E-state index in [0.717, 1.165) is 12.2 Å². The first-order valence-electron chi connectivity index (χ1n) is 5.07. The Bertz CT molecular complexity index is 308. The lowest BCUT2D eigenvalue weighted by Crippen LogP contribution is -2.01. The van der Waals surface area contributed by atoms with Gasteiger partial charge in [0.25, 0.3) is 0 Å². The normalized spacial score (nSPS) is 10.7. The Hall–Kier alpha value is -1.22. The Labute approximate surface area is 90.6 Å². The summed E-state index contributed by atoms with van der Waals surface area (Å²) < 4.78 is 10.4. The molecule has 0 aromatic heterocycles. The summed E-state index contributed by atoms with van der Waals surface area (Å²) in [5.41, 5.74) is 0.953. The van der Waals surface area contributed by atoms with Crippen molar-refractivity contribution < 1.29 is 14.6 Å². The Kier molecular flexibility index (Phi) is 4.43. The molecule has 1 aromatic rings. The van der Waals surface area contributed by atoms with Crippen LogP contribution in [0.1, 0.15) is 19.4 Å². The largest absolute Gasteiger partial charge is 0.504 e. The van der Waals surface area contributed by atoms with E-state index < -0.39 is 0 Å². The van der Waals surface area contributed by atoms with Gasteiger partial charge in [0.2, 0.25) is 0 Å². The van der Waals surface area contributed by atoms with E-state index in [1.807, 2.05) is 6.07 Å². The number of aromatic hydroxyl groups is 1. The molecule has 0 atom stereocenters. The third-order valence-corrected chi connectivity index (χ3v) is 1.96. The van der Waals surface area contributed by atoms with Crippen LogP contribution < -0.4 is 4.74 Å². The van der Waals surface area contributed by atoms with Crippen LogP contribution in [-0.2, 0) is 11.3 Å². The van der Waals surface area contributed by atoms with Gasteiger partial charge in [0.1, 0.15) is 0 Å². The molecule has 0 fully saturated rings. The van der Waals surface area contributed by atoms with Gasteiger partial charge in [-0.25, -0.2) is 0 Å². The van der Waals surface area contributed by atoms with E-state index in [-0.39, 0.29) is 5.75 Å². The Morgan fingerprint density at radius 3 is 2.60 bits per heavy atom. The number of ether oxygens (including phenoxy) is 2. The molecule has 0 aliphatic rings. The molecule has 0 spiro atoms. The van der Waals surface area contributed by atoms with Crippen LogP contribution in [0.2, 0.25) is 0 Å². The summed E-state index contributed by atoms with van der Waals surface area (Å²) in [5.74, 6) is 1.17. The molecule has 0 heterocycles. The van der Waals surface area contributed by atoms with E-state index >= 15 is 0 Å². The lowest BCUT2D eigenvalue weighted by Gasteiger charge is -2.08. The molecule has 0 bridgehead atoms. The minimum Gasteiger partial charge on any atom is -0.504 e. The van der Waals surface area contributed by atoms with Crippen LogP contribution in [0.5, 0.6) is 11.5 Å². The number of benzene rings is 1. The molecule has 0 saturated heterocycles. The van der Waals surface area contributed by atoms with Crippen molar-refractivity contribution in [2.45, 2.75) is 20.5 Å². The van der Waals surface area contributed by atoms with Crippen molar-refractivity contribution in [3.05, 3.63) is 23.8 Å². The summed E-state index contributed by atoms with van der Waals surface area (Å²) in [4.78, 5) is 0. The second-order valence-corrected chi connectivity index (χ2v) is 3.92. The van der Waals surface area contributed by atoms with Gasteiger partial charge in [0, 0.05) is 6.61 Å². The molecule has 1 rings (SSSR count). The third kappa shape index (κ3) is 3.80. The van der Waals surface area contributed by atoms with Crippen molar-refractivity contribution >= 4 is 0 Å². The van der Waals surface area contributed by atoms with Crippen LogP contribution in [0.25, 0.3) is 0 Å². The monoisotopic (exact) mass is 210 g/mol. The zero-order valence-electron chi connectivity index (χ0n) is 9.49. The molecular weight excluding hydrogens is 192 g/mol. The number of hydrogen-bond acceptors (Lipinski definition) is 3. The van der Waals surface area contributed by atoms with Crippen LogP contribution in [0.15, 0.2) is 18.2 Å². The number of rotatable bonds is 5. The molecule has 84 valence electrons. The molecule has 3 heteroatoms. The fourth-order valence-electron chi connectivity index (χ4n) is 1.24. The molecule has 0 aliphatic carbocycles. The van der Waals surface area contributed by atoms with Gasteiger partial charge in [-0.1, -0.05) is 19.9 Å². The highest BCUT2D eigenvalue weighted by atomic mass is 16.5. The molecule has 15 heavy (non-hydrogen) atoms. The minimum absolute atomic E-state index is 0.156. The van der Waals surface area contributed by atoms with Crippen molar-refractivity contribution in [1.29, 1.82) is 0 Å². The van der Waals surface area contributed by atoms with Gasteiger partial charge >= 0.3 is 0 Å². The van der Waals surface area contributed by atoms with E-state index in [1.54, 1.807) is 12.1 Å². The van der Waals surface area contributed by atoms with Crippen LogP contribution in [0.3, 0.4) is 0 Å². The van der Waals surface area contributed by atoms with Crippen molar-refractivity contribution in [3.63, 3.8) is 0 Å². The summed E-state index contributed by atoms with van der Waals surface area (Å²) in [7, 11) is 1.53. The van der Waals surface area contributed by atoms with Crippen molar-refractivity contribution in [2.75, 3.05) is 13.7 Å². The van der Waals surface area contributed by atoms with E-state index in [0.29, 0.717) is 18.3 Å². The fourth-order valence-corrected chi connectivity index (χ4v) is 1.24. The average Bonchev–Trinajstić information content (AvgIpc) is 2.17. The Morgan fingerprint density at radius 2 is 2.07 bits per heavy atom. The number of hydrogen-bond donors (Lipinski definition) is 1. The van der Waals surface area contributed by atoms with Crippen LogP contribution >= 0.6 is 0 Å². The zero-order valence-corrected chi connectivity index (χ0v) is 9.49. The Morgan fingerprint density at radius 1 is 1.33 bits per heavy atom. The summed E-state index contributed by atoms with van der Waals surface area (Å²) in [5, 5.41) is 9.52. The maximum absolute atomic E-state index is 9.52. The molecule has 1 aromatic carbocycles. The topological polar surface area (TPSA) is 38.7 Å². The second kappa shape index (κ2) is 5.61. The third-order valence-electron chi connectivity index (χ3n) is 1.96. The summed E-state index contributed by atoms with van der Waals surface area (Å²) in [6.45, 7) is 5.46. The number of phenols is 1. The first kappa shape index (κ1) is 11.9. The van der Waals surface area contributed by atoms with Crippen molar-refractivity contribution in [3.8, 4) is 11.5 Å². The quantitative estimate of drug-likeness (QED) is 0.811. The fraction of sp³-hybridized carbons (Fsp3) is 0.500. The lowest BCUT2D eigenvalue weighted by atomic mass is 10.2. The molecule has 0 saturated carbocycles. The second-order valence-electron chi connectivity index (χ2n) is 3.92. The molecule has 0 unspecified atom stereocenters. The highest BCUT2D eigenvalue weighted by Gasteiger charge is 2.02. The lowest BCUT2D eigenvalue weighted by molar-refractivity contribution is 0.0969. The number of methoxy groups -OCH3 is 1. The maximum Gasteiger partial charge on any atom is 0.160 e. The summed E-state index contributed by atoms with van der Waals surface area (Å²) in [6.07, 6.45) is 0. The van der Waals surface area contributed by atoms with Gasteiger partial charge in [-0.05, 0) is 23.6 Å². The van der Waals surface area contributed by atoms with Crippen molar-refractivity contribution in [1.82, 2.24) is 0 Å². The maximum atomic E-state index is 9.52. The predicted molar refractivity (Wildman–Crippen MR) is 59.2 cm³/mol. The predicted octanol–water partition coefficient (Wildman–Crippen LogP) is 2.57. The molecule has 3 nitrogen and oxygen atoms in total. The molecule has 0 aliphatic heterocycles. The average molecular weight is 210 g/mol. The van der Waals surface area contributed by atoms with Gasteiger partial charge in [-0.2, -0.15) is 0 Å². The van der Waals surface area contributed by atoms with Crippen LogP contribution in [0.4, 0.5) is 0 Å². The van der Waals surface area contributed by atoms with Crippen LogP contribution in [0, 0.1) is 5.92 Å². The van der Waals surface area contributed by atoms with E-state index in [1.165, 1.54) is 7.11 Å². The van der Waals surface area contributed by atoms with Crippen LogP contribution in [-0.4, -0.2) is 18.8 Å². The van der Waals surface area contributed by atoms with Gasteiger partial charge in [0.15, 0.2) is 11.5 Å².